The van der Waals surface area contributed by atoms with E-state index in [1.807, 2.05) is 26.8 Å². The number of ether oxygens (including phenoxy) is 1. The average molecular weight is 247 g/mol. The Morgan fingerprint density at radius 1 is 1.28 bits per heavy atom. The van der Waals surface area contributed by atoms with Crippen LogP contribution in [0.25, 0.3) is 0 Å². The molecule has 0 spiro atoms. The number of hydrogen-bond donors (Lipinski definition) is 1. The summed E-state index contributed by atoms with van der Waals surface area (Å²) in [6.45, 7) is 5.94. The predicted molar refractivity (Wildman–Crippen MR) is 68.8 cm³/mol. The molecule has 5 nitrogen and oxygen atoms in total. The summed E-state index contributed by atoms with van der Waals surface area (Å²) in [5, 5.41) is 3.23. The Morgan fingerprint density at radius 3 is 2.44 bits per heavy atom. The number of hydrogen-bond acceptors (Lipinski definition) is 5. The molecule has 0 saturated heterocycles. The molecule has 0 aliphatic heterocycles. The van der Waals surface area contributed by atoms with Crippen LogP contribution in [0.5, 0.6) is 5.75 Å². The Kier molecular flexibility index (Phi) is 3.50. The van der Waals surface area contributed by atoms with Crippen LogP contribution in [0.4, 0.5) is 5.95 Å². The number of aromatic nitrogens is 2. The highest BCUT2D eigenvalue weighted by atomic mass is 16.5. The number of anilines is 1. The molecule has 5 heteroatoms. The zero-order valence-electron chi connectivity index (χ0n) is 11.0. The predicted octanol–water partition coefficient (Wildman–Crippen LogP) is 2.87. The third-order valence-corrected chi connectivity index (χ3v) is 2.76. The molecule has 1 N–H and O–H groups in total. The molecule has 2 aromatic heterocycles. The van der Waals surface area contributed by atoms with E-state index >= 15 is 0 Å². The maximum absolute atomic E-state index is 5.51. The van der Waals surface area contributed by atoms with Crippen LogP contribution in [0.3, 0.4) is 0 Å². The SMILES string of the molecule is COc1cnc(NC(C)c2cc(C)oc2C)nc1. The number of aryl methyl sites for hydroxylation is 2. The van der Waals surface area contributed by atoms with Crippen LogP contribution < -0.4 is 10.1 Å². The van der Waals surface area contributed by atoms with Crippen molar-refractivity contribution in [3.63, 3.8) is 0 Å². The Labute approximate surface area is 106 Å². The van der Waals surface area contributed by atoms with E-state index in [0.717, 1.165) is 17.1 Å². The first kappa shape index (κ1) is 12.4. The van der Waals surface area contributed by atoms with Gasteiger partial charge in [-0.2, -0.15) is 0 Å². The maximum Gasteiger partial charge on any atom is 0.223 e. The maximum atomic E-state index is 5.51. The molecule has 1 atom stereocenters. The van der Waals surface area contributed by atoms with E-state index in [0.29, 0.717) is 11.7 Å². The third kappa shape index (κ3) is 2.61. The van der Waals surface area contributed by atoms with Crippen LogP contribution in [0.15, 0.2) is 22.9 Å². The van der Waals surface area contributed by atoms with Crippen molar-refractivity contribution in [2.45, 2.75) is 26.8 Å². The van der Waals surface area contributed by atoms with E-state index in [9.17, 15) is 0 Å². The number of nitrogens with one attached hydrogen (secondary N) is 1. The molecule has 0 aliphatic carbocycles. The van der Waals surface area contributed by atoms with Gasteiger partial charge in [0.2, 0.25) is 5.95 Å². The first-order valence-electron chi connectivity index (χ1n) is 5.79. The van der Waals surface area contributed by atoms with Crippen LogP contribution in [0, 0.1) is 13.8 Å². The molecular weight excluding hydrogens is 230 g/mol. The van der Waals surface area contributed by atoms with Crippen LogP contribution in [0.1, 0.15) is 30.0 Å². The summed E-state index contributed by atoms with van der Waals surface area (Å²) in [5.41, 5.74) is 1.12. The van der Waals surface area contributed by atoms with E-state index in [1.165, 1.54) is 0 Å². The van der Waals surface area contributed by atoms with Gasteiger partial charge in [0.15, 0.2) is 5.75 Å². The molecule has 0 aromatic carbocycles. The summed E-state index contributed by atoms with van der Waals surface area (Å²) in [7, 11) is 1.59. The molecule has 0 saturated carbocycles. The van der Waals surface area contributed by atoms with Crippen molar-refractivity contribution in [3.8, 4) is 5.75 Å². The lowest BCUT2D eigenvalue weighted by Gasteiger charge is -2.12. The molecule has 2 aromatic rings. The number of rotatable bonds is 4. The largest absolute Gasteiger partial charge is 0.494 e. The summed E-state index contributed by atoms with van der Waals surface area (Å²) in [6, 6.07) is 2.12. The van der Waals surface area contributed by atoms with E-state index in [-0.39, 0.29) is 6.04 Å². The molecule has 0 aliphatic rings. The quantitative estimate of drug-likeness (QED) is 0.900. The van der Waals surface area contributed by atoms with Crippen molar-refractivity contribution in [3.05, 3.63) is 35.5 Å². The summed E-state index contributed by atoms with van der Waals surface area (Å²) < 4.78 is 10.5. The molecule has 0 fully saturated rings. The molecule has 2 heterocycles. The van der Waals surface area contributed by atoms with Gasteiger partial charge in [-0.05, 0) is 26.8 Å². The van der Waals surface area contributed by atoms with E-state index in [1.54, 1.807) is 19.5 Å². The van der Waals surface area contributed by atoms with Crippen LogP contribution in [-0.2, 0) is 0 Å². The summed E-state index contributed by atoms with van der Waals surface area (Å²) in [4.78, 5) is 8.35. The first-order valence-corrected chi connectivity index (χ1v) is 5.79. The lowest BCUT2D eigenvalue weighted by Crippen LogP contribution is -2.09. The Hall–Kier alpha value is -2.04. The van der Waals surface area contributed by atoms with Gasteiger partial charge in [0.25, 0.3) is 0 Å². The molecule has 96 valence electrons. The van der Waals surface area contributed by atoms with Gasteiger partial charge in [-0.1, -0.05) is 0 Å². The van der Waals surface area contributed by atoms with Crippen molar-refractivity contribution in [2.75, 3.05) is 12.4 Å². The standard InChI is InChI=1S/C13H17N3O2/c1-8-5-12(10(3)18-8)9(2)16-13-14-6-11(17-4)7-15-13/h5-7,9H,1-4H3,(H,14,15,16). The second kappa shape index (κ2) is 5.08. The highest BCUT2D eigenvalue weighted by Crippen LogP contribution is 2.23. The smallest absolute Gasteiger partial charge is 0.223 e. The number of nitrogens with zero attached hydrogens (tertiary/aromatic N) is 2. The molecule has 0 amide bonds. The van der Waals surface area contributed by atoms with Crippen molar-refractivity contribution in [1.29, 1.82) is 0 Å². The molecule has 1 unspecified atom stereocenters. The topological polar surface area (TPSA) is 60.2 Å². The van der Waals surface area contributed by atoms with Gasteiger partial charge < -0.3 is 14.5 Å². The highest BCUT2D eigenvalue weighted by molar-refractivity contribution is 5.34. The summed E-state index contributed by atoms with van der Waals surface area (Å²) >= 11 is 0. The van der Waals surface area contributed by atoms with Gasteiger partial charge in [-0.25, -0.2) is 9.97 Å². The lowest BCUT2D eigenvalue weighted by atomic mass is 10.1. The summed E-state index contributed by atoms with van der Waals surface area (Å²) in [6.07, 6.45) is 3.27. The average Bonchev–Trinajstić information content (AvgIpc) is 2.69. The number of furan rings is 1. The zero-order chi connectivity index (χ0) is 13.1. The van der Waals surface area contributed by atoms with Crippen LogP contribution in [0.2, 0.25) is 0 Å². The van der Waals surface area contributed by atoms with Gasteiger partial charge in [-0.15, -0.1) is 0 Å². The molecule has 0 radical (unpaired) electrons. The van der Waals surface area contributed by atoms with E-state index in [2.05, 4.69) is 15.3 Å². The second-order valence-electron chi connectivity index (χ2n) is 4.18. The molecule has 2 rings (SSSR count). The monoisotopic (exact) mass is 247 g/mol. The fourth-order valence-corrected chi connectivity index (χ4v) is 1.85. The normalized spacial score (nSPS) is 12.2. The minimum absolute atomic E-state index is 0.0934. The summed E-state index contributed by atoms with van der Waals surface area (Å²) in [5.74, 6) is 3.04. The van der Waals surface area contributed by atoms with Gasteiger partial charge in [-0.3, -0.25) is 0 Å². The van der Waals surface area contributed by atoms with Crippen LogP contribution >= 0.6 is 0 Å². The minimum Gasteiger partial charge on any atom is -0.494 e. The number of methoxy groups -OCH3 is 1. The second-order valence-corrected chi connectivity index (χ2v) is 4.18. The fraction of sp³-hybridized carbons (Fsp3) is 0.385. The van der Waals surface area contributed by atoms with Gasteiger partial charge in [0.1, 0.15) is 11.5 Å². The van der Waals surface area contributed by atoms with Crippen molar-refractivity contribution in [1.82, 2.24) is 9.97 Å². The first-order chi connectivity index (χ1) is 8.60. The van der Waals surface area contributed by atoms with Crippen molar-refractivity contribution < 1.29 is 9.15 Å². The van der Waals surface area contributed by atoms with Gasteiger partial charge >= 0.3 is 0 Å². The minimum atomic E-state index is 0.0934. The Bertz CT molecular complexity index is 520. The van der Waals surface area contributed by atoms with Crippen molar-refractivity contribution >= 4 is 5.95 Å². The van der Waals surface area contributed by atoms with E-state index < -0.39 is 0 Å². The Balaban J connectivity index is 2.10. The third-order valence-electron chi connectivity index (χ3n) is 2.76. The van der Waals surface area contributed by atoms with E-state index in [4.69, 9.17) is 9.15 Å². The van der Waals surface area contributed by atoms with Gasteiger partial charge in [0, 0.05) is 5.56 Å². The van der Waals surface area contributed by atoms with Crippen molar-refractivity contribution in [2.24, 2.45) is 0 Å². The highest BCUT2D eigenvalue weighted by Gasteiger charge is 2.13. The molecule has 18 heavy (non-hydrogen) atoms. The molecule has 0 bridgehead atoms. The van der Waals surface area contributed by atoms with Crippen LogP contribution in [-0.4, -0.2) is 17.1 Å². The fourth-order valence-electron chi connectivity index (χ4n) is 1.85. The lowest BCUT2D eigenvalue weighted by molar-refractivity contribution is 0.411. The van der Waals surface area contributed by atoms with Gasteiger partial charge in [0.05, 0.1) is 25.5 Å². The molecular formula is C13H17N3O2. The zero-order valence-corrected chi connectivity index (χ0v) is 11.0. The Morgan fingerprint density at radius 2 is 1.94 bits per heavy atom.